The number of ketones is 1. The number of carbonyl (C=O) groups excluding carboxylic acids is 2. The minimum Gasteiger partial charge on any atom is -0.479 e. The van der Waals surface area contributed by atoms with Crippen LogP contribution in [-0.2, 0) is 28.7 Å². The molecular weight excluding hydrogens is 826 g/mol. The zero-order valence-electron chi connectivity index (χ0n) is 32.1. The maximum absolute atomic E-state index is 14.0. The molecule has 3 heterocycles. The Hall–Kier alpha value is -5.22. The molecule has 8 unspecified atom stereocenters. The number of thioether (sulfide) groups is 1. The number of carboxylic acids is 2. The molecule has 19 heteroatoms. The lowest BCUT2D eigenvalue weighted by molar-refractivity contribution is -0.271. The summed E-state index contributed by atoms with van der Waals surface area (Å²) < 4.78 is 36.6. The molecule has 0 radical (unpaired) electrons. The van der Waals surface area contributed by atoms with Crippen LogP contribution in [0.15, 0.2) is 96.3 Å². The molecule has 3 aromatic carbocycles. The van der Waals surface area contributed by atoms with Crippen molar-refractivity contribution in [2.45, 2.75) is 86.0 Å². The quantitative estimate of drug-likeness (QED) is 0.113. The molecule has 324 valence electrons. The predicted molar refractivity (Wildman–Crippen MR) is 211 cm³/mol. The number of anilines is 1. The molecule has 0 bridgehead atoms. The van der Waals surface area contributed by atoms with Crippen molar-refractivity contribution in [3.63, 3.8) is 0 Å². The Kier molecular flexibility index (Phi) is 13.0. The summed E-state index contributed by atoms with van der Waals surface area (Å²) in [6.45, 7) is 1.73. The second kappa shape index (κ2) is 18.0. The van der Waals surface area contributed by atoms with Gasteiger partial charge in [-0.25, -0.2) is 14.0 Å². The first kappa shape index (κ1) is 43.9. The zero-order chi connectivity index (χ0) is 43.9. The molecule has 4 aliphatic rings. The topological polar surface area (TPSA) is 270 Å². The molecular formula is C42H42FNO16S. The van der Waals surface area contributed by atoms with Crippen molar-refractivity contribution in [1.29, 1.82) is 0 Å². The fourth-order valence-corrected chi connectivity index (χ4v) is 8.81. The molecule has 3 fully saturated rings. The van der Waals surface area contributed by atoms with E-state index in [4.69, 9.17) is 18.9 Å². The first-order valence-electron chi connectivity index (χ1n) is 19.1. The number of β-lactam (4-membered cyclic amide) rings is 1. The number of nitrogens with zero attached hydrogens (tertiary/aromatic N) is 1. The highest BCUT2D eigenvalue weighted by molar-refractivity contribution is 8.01. The Balaban J connectivity index is 1.26. The number of hydrogen-bond acceptors (Lipinski definition) is 15. The van der Waals surface area contributed by atoms with E-state index in [0.29, 0.717) is 28.0 Å². The molecule has 3 aliphatic heterocycles. The van der Waals surface area contributed by atoms with Crippen LogP contribution in [0.4, 0.5) is 10.1 Å². The van der Waals surface area contributed by atoms with Crippen LogP contribution in [0, 0.1) is 5.92 Å². The third kappa shape index (κ3) is 8.79. The first-order chi connectivity index (χ1) is 29.0. The van der Waals surface area contributed by atoms with Crippen molar-refractivity contribution in [1.82, 2.24) is 0 Å². The number of ether oxygens (including phenoxy) is 4. The molecule has 3 saturated heterocycles. The summed E-state index contributed by atoms with van der Waals surface area (Å²) >= 11 is 1.06. The predicted octanol–water partition coefficient (Wildman–Crippen LogP) is 1.47. The van der Waals surface area contributed by atoms with Gasteiger partial charge in [0.1, 0.15) is 59.2 Å². The highest BCUT2D eigenvalue weighted by Gasteiger charge is 2.53. The smallest absolute Gasteiger partial charge is 0.335 e. The Morgan fingerprint density at radius 1 is 0.754 bits per heavy atom. The van der Waals surface area contributed by atoms with E-state index >= 15 is 0 Å². The number of carbonyl (C=O) groups is 4. The van der Waals surface area contributed by atoms with Crippen molar-refractivity contribution in [3.05, 3.63) is 102 Å². The average Bonchev–Trinajstić information content (AvgIpc) is 3.23. The number of hydrogen-bond donors (Lipinski definition) is 8. The van der Waals surface area contributed by atoms with Crippen LogP contribution in [0.1, 0.15) is 24.9 Å². The Bertz CT molecular complexity index is 2220. The molecule has 61 heavy (non-hydrogen) atoms. The van der Waals surface area contributed by atoms with E-state index in [1.54, 1.807) is 55.5 Å². The second-order valence-corrected chi connectivity index (χ2v) is 16.1. The minimum atomic E-state index is -2.02. The molecule has 0 spiro atoms. The van der Waals surface area contributed by atoms with Gasteiger partial charge in [-0.2, -0.15) is 0 Å². The van der Waals surface area contributed by atoms with Crippen LogP contribution in [-0.4, -0.2) is 137 Å². The molecule has 1 amide bonds. The van der Waals surface area contributed by atoms with Gasteiger partial charge in [0.2, 0.25) is 18.5 Å². The van der Waals surface area contributed by atoms with Gasteiger partial charge in [-0.1, -0.05) is 55.5 Å². The number of aliphatic hydroxyl groups is 6. The van der Waals surface area contributed by atoms with Crippen molar-refractivity contribution >= 4 is 41.1 Å². The summed E-state index contributed by atoms with van der Waals surface area (Å²) in [6.07, 6.45) is -16.5. The van der Waals surface area contributed by atoms with Gasteiger partial charge in [0.15, 0.2) is 18.0 Å². The number of rotatable bonds is 13. The number of allylic oxidation sites excluding steroid dienone is 4. The van der Waals surface area contributed by atoms with Gasteiger partial charge in [0.25, 0.3) is 0 Å². The fourth-order valence-electron chi connectivity index (χ4n) is 7.60. The van der Waals surface area contributed by atoms with Crippen molar-refractivity contribution < 1.29 is 83.4 Å². The number of aliphatic carboxylic acids is 2. The highest BCUT2D eigenvalue weighted by atomic mass is 32.2. The fraction of sp³-hybridized carbons (Fsp3) is 0.381. The van der Waals surface area contributed by atoms with Gasteiger partial charge in [0.05, 0.1) is 11.8 Å². The molecule has 13 atom stereocenters. The zero-order valence-corrected chi connectivity index (χ0v) is 32.9. The van der Waals surface area contributed by atoms with E-state index in [-0.39, 0.29) is 47.1 Å². The first-order valence-corrected chi connectivity index (χ1v) is 20.1. The third-order valence-electron chi connectivity index (χ3n) is 10.9. The van der Waals surface area contributed by atoms with E-state index in [1.807, 2.05) is 0 Å². The average molecular weight is 868 g/mol. The molecule has 0 saturated carbocycles. The Morgan fingerprint density at radius 2 is 1.36 bits per heavy atom. The standard InChI is InChI=1S/C42H42FNO16S/c1-18-14-21(43)11-13-24(18)26(45)17-61-37-28(44(38(37)52)22-7-3-2-4-8-22)25-12-10-20(16-27(25)58-42-34(51)30(47)32(49)36(60-42)40(55)56)19-6-5-9-23(15-19)57-41-33(50)29(46)31(48)35(59-41)39(53)54/h2-13,15-16,18,28-37,41-42,46-51H,14,17H2,1H3,(H,53,54)(H,55,56)/t18?,28-,29?,30?,31+,32+,33?,34?,35?,36?,37-,41?,42-/m1/s1. The summed E-state index contributed by atoms with van der Waals surface area (Å²) in [5, 5.41) is 81.2. The van der Waals surface area contributed by atoms with E-state index in [2.05, 4.69) is 0 Å². The number of amides is 1. The summed E-state index contributed by atoms with van der Waals surface area (Å²) in [6, 6.07) is 18.5. The lowest BCUT2D eigenvalue weighted by Gasteiger charge is -2.47. The van der Waals surface area contributed by atoms with Gasteiger partial charge in [-0.05, 0) is 59.0 Å². The number of benzene rings is 3. The summed E-state index contributed by atoms with van der Waals surface area (Å²) in [4.78, 5) is 52.5. The lowest BCUT2D eigenvalue weighted by Crippen LogP contribution is -2.61. The van der Waals surface area contributed by atoms with Gasteiger partial charge < -0.3 is 64.7 Å². The maximum atomic E-state index is 14.0. The van der Waals surface area contributed by atoms with Gasteiger partial charge in [0, 0.05) is 17.7 Å². The SMILES string of the molecule is CC1CC(F)=CC=C1C(=O)CS[C@H]1C(=O)N(c2ccccc2)[C@@H]1c1ccc(-c2cccc(OC3OC(C(=O)O)[C@@H](O)C(O)C3O)c2)cc1O[C@@H]1OC(C(=O)O)[C@@H](O)C(O)C1O. The van der Waals surface area contributed by atoms with Crippen LogP contribution in [0.25, 0.3) is 11.1 Å². The van der Waals surface area contributed by atoms with Crippen LogP contribution in [0.5, 0.6) is 11.5 Å². The molecule has 17 nitrogen and oxygen atoms in total. The number of aliphatic hydroxyl groups excluding tert-OH is 6. The van der Waals surface area contributed by atoms with Crippen LogP contribution in [0.2, 0.25) is 0 Å². The monoisotopic (exact) mass is 867 g/mol. The Morgan fingerprint density at radius 3 is 1.97 bits per heavy atom. The highest BCUT2D eigenvalue weighted by Crippen LogP contribution is 2.49. The normalized spacial score (nSPS) is 32.6. The van der Waals surface area contributed by atoms with E-state index < -0.39 is 84.6 Å². The van der Waals surface area contributed by atoms with Crippen LogP contribution >= 0.6 is 11.8 Å². The number of halogens is 1. The van der Waals surface area contributed by atoms with Gasteiger partial charge >= 0.3 is 11.9 Å². The third-order valence-corrected chi connectivity index (χ3v) is 12.1. The van der Waals surface area contributed by atoms with E-state index in [9.17, 15) is 64.4 Å². The molecule has 0 aromatic heterocycles. The molecule has 1 aliphatic carbocycles. The second-order valence-electron chi connectivity index (χ2n) is 15.0. The van der Waals surface area contributed by atoms with Crippen molar-refractivity contribution in [3.8, 4) is 22.6 Å². The molecule has 8 N–H and O–H groups in total. The Labute approximate surface area is 350 Å². The van der Waals surface area contributed by atoms with Crippen molar-refractivity contribution in [2.75, 3.05) is 10.7 Å². The maximum Gasteiger partial charge on any atom is 0.335 e. The molecule has 7 rings (SSSR count). The summed E-state index contributed by atoms with van der Waals surface area (Å²) in [5.41, 5.74) is 1.98. The van der Waals surface area contributed by atoms with E-state index in [1.165, 1.54) is 41.3 Å². The van der Waals surface area contributed by atoms with Crippen LogP contribution < -0.4 is 14.4 Å². The summed E-state index contributed by atoms with van der Waals surface area (Å²) in [7, 11) is 0. The van der Waals surface area contributed by atoms with Gasteiger partial charge in [-0.15, -0.1) is 11.8 Å². The van der Waals surface area contributed by atoms with Crippen molar-refractivity contribution in [2.24, 2.45) is 5.92 Å². The van der Waals surface area contributed by atoms with Crippen LogP contribution in [0.3, 0.4) is 0 Å². The number of carboxylic acid groups (broad SMARTS) is 2. The number of Topliss-reactive ketones (excluding diaryl/α,β-unsaturated/α-hetero) is 1. The lowest BCUT2D eigenvalue weighted by atomic mass is 9.89. The van der Waals surface area contributed by atoms with E-state index in [0.717, 1.165) is 11.8 Å². The van der Waals surface area contributed by atoms with Gasteiger partial charge in [-0.3, -0.25) is 9.59 Å². The number of para-hydroxylation sites is 1. The minimum absolute atomic E-state index is 0.0230. The molecule has 3 aromatic rings. The summed E-state index contributed by atoms with van der Waals surface area (Å²) in [5.74, 6) is -4.83. The largest absolute Gasteiger partial charge is 0.479 e.